The van der Waals surface area contributed by atoms with Gasteiger partial charge in [-0.2, -0.15) is 0 Å². The number of hydrogen-bond acceptors (Lipinski definition) is 2. The topological polar surface area (TPSA) is 40.5 Å². The molecule has 2 aliphatic carbocycles. The third kappa shape index (κ3) is 2.69. The number of nitrogens with zero attached hydrogens (tertiary/aromatic N) is 1. The van der Waals surface area contributed by atoms with Crippen LogP contribution in [0.2, 0.25) is 0 Å². The second-order valence-corrected chi connectivity index (χ2v) is 6.25. The van der Waals surface area contributed by atoms with Gasteiger partial charge in [-0.05, 0) is 56.2 Å². The second kappa shape index (κ2) is 5.76. The smallest absolute Gasteiger partial charge is 0.233 e. The number of halogens is 1. The van der Waals surface area contributed by atoms with Crippen LogP contribution in [0.4, 0.5) is 4.39 Å². The molecule has 2 saturated carbocycles. The average molecular weight is 291 g/mol. The van der Waals surface area contributed by atoms with Crippen molar-refractivity contribution in [2.24, 2.45) is 0 Å². The van der Waals surface area contributed by atoms with Crippen LogP contribution in [-0.2, 0) is 10.2 Å². The molecule has 1 aromatic rings. The van der Waals surface area contributed by atoms with Crippen LogP contribution in [0.25, 0.3) is 0 Å². The van der Waals surface area contributed by atoms with Gasteiger partial charge in [-0.25, -0.2) is 4.39 Å². The molecule has 0 aromatic heterocycles. The van der Waals surface area contributed by atoms with Crippen molar-refractivity contribution in [3.05, 3.63) is 35.6 Å². The molecule has 3 nitrogen and oxygen atoms in total. The van der Waals surface area contributed by atoms with E-state index >= 15 is 0 Å². The van der Waals surface area contributed by atoms with Gasteiger partial charge in [0.1, 0.15) is 5.82 Å². The molecule has 0 unspecified atom stereocenters. The van der Waals surface area contributed by atoms with E-state index in [1.54, 1.807) is 12.1 Å². The largest absolute Gasteiger partial charge is 0.396 e. The fourth-order valence-electron chi connectivity index (χ4n) is 3.18. The van der Waals surface area contributed by atoms with E-state index < -0.39 is 5.41 Å². The predicted octanol–water partition coefficient (Wildman–Crippen LogP) is 2.62. The minimum Gasteiger partial charge on any atom is -0.396 e. The summed E-state index contributed by atoms with van der Waals surface area (Å²) in [6, 6.07) is 6.69. The molecule has 3 rings (SSSR count). The van der Waals surface area contributed by atoms with Crippen LogP contribution in [0.5, 0.6) is 0 Å². The lowest BCUT2D eigenvalue weighted by Crippen LogP contribution is -2.49. The lowest BCUT2D eigenvalue weighted by molar-refractivity contribution is -0.138. The predicted molar refractivity (Wildman–Crippen MR) is 78.4 cm³/mol. The first-order valence-electron chi connectivity index (χ1n) is 7.85. The number of aliphatic hydroxyl groups excluding tert-OH is 1. The van der Waals surface area contributed by atoms with Gasteiger partial charge in [0.2, 0.25) is 5.91 Å². The first kappa shape index (κ1) is 14.5. The number of amides is 1. The highest BCUT2D eigenvalue weighted by Gasteiger charge is 2.54. The van der Waals surface area contributed by atoms with Crippen molar-refractivity contribution in [1.82, 2.24) is 4.90 Å². The Hall–Kier alpha value is -1.42. The Morgan fingerprint density at radius 3 is 2.43 bits per heavy atom. The van der Waals surface area contributed by atoms with Crippen molar-refractivity contribution in [3.8, 4) is 0 Å². The van der Waals surface area contributed by atoms with Crippen molar-refractivity contribution in [2.75, 3.05) is 13.2 Å². The van der Waals surface area contributed by atoms with Gasteiger partial charge in [-0.3, -0.25) is 4.79 Å². The van der Waals surface area contributed by atoms with E-state index in [9.17, 15) is 9.18 Å². The Labute approximate surface area is 124 Å². The third-order valence-electron chi connectivity index (χ3n) is 4.89. The Balaban J connectivity index is 1.79. The van der Waals surface area contributed by atoms with Gasteiger partial charge in [0.25, 0.3) is 0 Å². The lowest BCUT2D eigenvalue weighted by Gasteiger charge is -2.39. The number of aliphatic hydroxyl groups is 1. The van der Waals surface area contributed by atoms with E-state index in [0.717, 1.165) is 31.2 Å². The van der Waals surface area contributed by atoms with E-state index in [0.29, 0.717) is 19.0 Å². The Bertz CT molecular complexity index is 506. The Morgan fingerprint density at radius 1 is 1.29 bits per heavy atom. The summed E-state index contributed by atoms with van der Waals surface area (Å²) < 4.78 is 13.1. The summed E-state index contributed by atoms with van der Waals surface area (Å²) in [4.78, 5) is 15.0. The number of carbonyl (C=O) groups excluding carboxylic acids is 1. The molecule has 0 radical (unpaired) electrons. The van der Waals surface area contributed by atoms with Crippen molar-refractivity contribution in [2.45, 2.75) is 50.0 Å². The molecular formula is C17H22FNO2. The summed E-state index contributed by atoms with van der Waals surface area (Å²) in [7, 11) is 0. The van der Waals surface area contributed by atoms with Crippen molar-refractivity contribution in [3.63, 3.8) is 0 Å². The highest BCUT2D eigenvalue weighted by molar-refractivity contribution is 5.91. The summed E-state index contributed by atoms with van der Waals surface area (Å²) in [5.74, 6) is -0.0922. The average Bonchev–Trinajstić information content (AvgIpc) is 3.23. The van der Waals surface area contributed by atoms with E-state index in [1.807, 2.05) is 4.90 Å². The number of carbonyl (C=O) groups is 1. The lowest BCUT2D eigenvalue weighted by atomic mass is 9.88. The van der Waals surface area contributed by atoms with Crippen LogP contribution < -0.4 is 0 Å². The molecule has 21 heavy (non-hydrogen) atoms. The normalized spacial score (nSPS) is 19.9. The van der Waals surface area contributed by atoms with Crippen LogP contribution in [0.15, 0.2) is 24.3 Å². The summed E-state index contributed by atoms with van der Waals surface area (Å²) in [5.41, 5.74) is 0.501. The van der Waals surface area contributed by atoms with Crippen LogP contribution in [0, 0.1) is 5.82 Å². The molecule has 0 saturated heterocycles. The first-order valence-corrected chi connectivity index (χ1v) is 7.85. The standard InChI is InChI=1S/C17H22FNO2/c18-14-7-5-13(6-8-14)17(9-10-17)16(21)19(11-2-12-20)15-3-1-4-15/h5-8,15,20H,1-4,9-12H2. The fraction of sp³-hybridized carbons (Fsp3) is 0.588. The first-order chi connectivity index (χ1) is 10.2. The van der Waals surface area contributed by atoms with Crippen LogP contribution in [0.1, 0.15) is 44.1 Å². The zero-order valence-corrected chi connectivity index (χ0v) is 12.2. The van der Waals surface area contributed by atoms with Crippen LogP contribution >= 0.6 is 0 Å². The van der Waals surface area contributed by atoms with Gasteiger partial charge in [-0.15, -0.1) is 0 Å². The molecule has 1 amide bonds. The van der Waals surface area contributed by atoms with E-state index in [4.69, 9.17) is 5.11 Å². The molecule has 0 spiro atoms. The van der Waals surface area contributed by atoms with Crippen LogP contribution in [0.3, 0.4) is 0 Å². The van der Waals surface area contributed by atoms with Crippen LogP contribution in [-0.4, -0.2) is 35.1 Å². The van der Waals surface area contributed by atoms with E-state index in [-0.39, 0.29) is 18.3 Å². The molecule has 0 atom stereocenters. The van der Waals surface area contributed by atoms with Gasteiger partial charge in [0.15, 0.2) is 0 Å². The summed E-state index contributed by atoms with van der Waals surface area (Å²) in [5, 5.41) is 9.06. The van der Waals surface area contributed by atoms with E-state index in [1.165, 1.54) is 18.6 Å². The maximum atomic E-state index is 13.1. The molecular weight excluding hydrogens is 269 g/mol. The minimum absolute atomic E-state index is 0.111. The molecule has 114 valence electrons. The number of hydrogen-bond donors (Lipinski definition) is 1. The maximum Gasteiger partial charge on any atom is 0.233 e. The summed E-state index contributed by atoms with van der Waals surface area (Å²) in [6.45, 7) is 0.739. The number of rotatable bonds is 6. The molecule has 1 N–H and O–H groups in total. The summed E-state index contributed by atoms with van der Waals surface area (Å²) in [6.07, 6.45) is 5.63. The van der Waals surface area contributed by atoms with Gasteiger partial charge >= 0.3 is 0 Å². The minimum atomic E-state index is -0.432. The molecule has 0 aliphatic heterocycles. The highest BCUT2D eigenvalue weighted by Crippen LogP contribution is 2.50. The van der Waals surface area contributed by atoms with Gasteiger partial charge in [0.05, 0.1) is 5.41 Å². The zero-order valence-electron chi connectivity index (χ0n) is 12.2. The molecule has 0 bridgehead atoms. The summed E-state index contributed by atoms with van der Waals surface area (Å²) >= 11 is 0. The van der Waals surface area contributed by atoms with Crippen molar-refractivity contribution >= 4 is 5.91 Å². The molecule has 0 heterocycles. The fourth-order valence-corrected chi connectivity index (χ4v) is 3.18. The SMILES string of the molecule is O=C(N(CCCO)C1CCC1)C1(c2ccc(F)cc2)CC1. The third-order valence-corrected chi connectivity index (χ3v) is 4.89. The second-order valence-electron chi connectivity index (χ2n) is 6.25. The monoisotopic (exact) mass is 291 g/mol. The zero-order chi connectivity index (χ0) is 14.9. The number of benzene rings is 1. The Morgan fingerprint density at radius 2 is 1.95 bits per heavy atom. The molecule has 2 aliphatic rings. The molecule has 4 heteroatoms. The van der Waals surface area contributed by atoms with Gasteiger partial charge < -0.3 is 10.0 Å². The quantitative estimate of drug-likeness (QED) is 0.875. The molecule has 2 fully saturated rings. The highest BCUT2D eigenvalue weighted by atomic mass is 19.1. The van der Waals surface area contributed by atoms with E-state index in [2.05, 4.69) is 0 Å². The van der Waals surface area contributed by atoms with Crippen molar-refractivity contribution < 1.29 is 14.3 Å². The van der Waals surface area contributed by atoms with Gasteiger partial charge in [0, 0.05) is 19.2 Å². The van der Waals surface area contributed by atoms with Gasteiger partial charge in [-0.1, -0.05) is 12.1 Å². The molecule has 1 aromatic carbocycles. The van der Waals surface area contributed by atoms with Crippen molar-refractivity contribution in [1.29, 1.82) is 0 Å². The Kier molecular flexibility index (Phi) is 3.98. The maximum absolute atomic E-state index is 13.1.